The smallest absolute Gasteiger partial charge is 0.137 e. The van der Waals surface area contributed by atoms with Crippen LogP contribution in [-0.2, 0) is 0 Å². The van der Waals surface area contributed by atoms with Crippen LogP contribution in [0.4, 0.5) is 11.6 Å². The molecule has 2 heterocycles. The molecule has 1 aliphatic rings. The van der Waals surface area contributed by atoms with Gasteiger partial charge in [-0.3, -0.25) is 0 Å². The molecular weight excluding hydrogens is 262 g/mol. The number of aromatic nitrogens is 2. The van der Waals surface area contributed by atoms with Crippen molar-refractivity contribution >= 4 is 11.6 Å². The molecule has 1 saturated heterocycles. The van der Waals surface area contributed by atoms with Gasteiger partial charge in [0.15, 0.2) is 0 Å². The van der Waals surface area contributed by atoms with Gasteiger partial charge in [-0.2, -0.15) is 0 Å². The molecule has 0 unspecified atom stereocenters. The fourth-order valence-electron chi connectivity index (χ4n) is 3.07. The highest BCUT2D eigenvalue weighted by Gasteiger charge is 2.25. The largest absolute Gasteiger partial charge is 0.370 e. The number of rotatable bonds is 5. The van der Waals surface area contributed by atoms with E-state index in [4.69, 9.17) is 0 Å². The third-order valence-corrected chi connectivity index (χ3v) is 4.28. The Balaban J connectivity index is 2.22. The molecule has 0 saturated carbocycles. The summed E-state index contributed by atoms with van der Waals surface area (Å²) in [7, 11) is 4.35. The summed E-state index contributed by atoms with van der Waals surface area (Å²) >= 11 is 0. The maximum atomic E-state index is 4.60. The van der Waals surface area contributed by atoms with Crippen molar-refractivity contribution < 1.29 is 0 Å². The average Bonchev–Trinajstić information content (AvgIpc) is 2.47. The van der Waals surface area contributed by atoms with Crippen LogP contribution in [0.2, 0.25) is 0 Å². The molecule has 0 atom stereocenters. The monoisotopic (exact) mass is 291 g/mol. The second kappa shape index (κ2) is 7.07. The molecule has 0 spiro atoms. The van der Waals surface area contributed by atoms with Crippen molar-refractivity contribution in [3.05, 3.63) is 11.9 Å². The molecule has 0 aliphatic carbocycles. The van der Waals surface area contributed by atoms with E-state index in [1.54, 1.807) is 6.33 Å². The SMILES string of the molecule is CCNc1ncnc(N2CCC(N(C)C)CC2)c1C(C)C. The van der Waals surface area contributed by atoms with Gasteiger partial charge in [0.05, 0.1) is 0 Å². The second-order valence-electron chi connectivity index (χ2n) is 6.33. The Bertz CT molecular complexity index is 450. The zero-order valence-corrected chi connectivity index (χ0v) is 14.1. The Morgan fingerprint density at radius 3 is 2.48 bits per heavy atom. The molecule has 21 heavy (non-hydrogen) atoms. The van der Waals surface area contributed by atoms with Crippen molar-refractivity contribution in [2.45, 2.75) is 45.6 Å². The molecule has 1 aliphatic heterocycles. The van der Waals surface area contributed by atoms with Crippen LogP contribution in [-0.4, -0.2) is 54.6 Å². The topological polar surface area (TPSA) is 44.3 Å². The Morgan fingerprint density at radius 2 is 1.95 bits per heavy atom. The first-order valence-electron chi connectivity index (χ1n) is 8.04. The number of piperidine rings is 1. The van der Waals surface area contributed by atoms with Crippen molar-refractivity contribution in [3.63, 3.8) is 0 Å². The van der Waals surface area contributed by atoms with Gasteiger partial charge in [-0.15, -0.1) is 0 Å². The van der Waals surface area contributed by atoms with E-state index in [1.807, 2.05) is 0 Å². The molecule has 5 nitrogen and oxygen atoms in total. The molecule has 2 rings (SSSR count). The van der Waals surface area contributed by atoms with Crippen molar-refractivity contribution in [2.75, 3.05) is 43.9 Å². The standard InChI is InChI=1S/C16H29N5/c1-6-17-15-14(12(2)3)16(19-11-18-15)21-9-7-13(8-10-21)20(4)5/h11-13H,6-10H2,1-5H3,(H,17,18,19). The van der Waals surface area contributed by atoms with Crippen LogP contribution < -0.4 is 10.2 Å². The minimum absolute atomic E-state index is 0.418. The molecule has 0 aromatic carbocycles. The van der Waals surface area contributed by atoms with Gasteiger partial charge < -0.3 is 15.1 Å². The predicted molar refractivity (Wildman–Crippen MR) is 89.2 cm³/mol. The van der Waals surface area contributed by atoms with E-state index < -0.39 is 0 Å². The molecule has 1 aromatic rings. The summed E-state index contributed by atoms with van der Waals surface area (Å²) in [6.07, 6.45) is 4.09. The Hall–Kier alpha value is -1.36. The van der Waals surface area contributed by atoms with E-state index in [0.29, 0.717) is 12.0 Å². The van der Waals surface area contributed by atoms with Crippen LogP contribution in [0.5, 0.6) is 0 Å². The van der Waals surface area contributed by atoms with E-state index in [0.717, 1.165) is 31.3 Å². The van der Waals surface area contributed by atoms with Gasteiger partial charge in [0.1, 0.15) is 18.0 Å². The summed E-state index contributed by atoms with van der Waals surface area (Å²) in [4.78, 5) is 13.8. The van der Waals surface area contributed by atoms with Crippen LogP contribution in [0, 0.1) is 0 Å². The van der Waals surface area contributed by atoms with Crippen molar-refractivity contribution in [3.8, 4) is 0 Å². The first kappa shape index (κ1) is 16.0. The Kier molecular flexibility index (Phi) is 5.39. The summed E-state index contributed by atoms with van der Waals surface area (Å²) in [6, 6.07) is 0.693. The lowest BCUT2D eigenvalue weighted by Crippen LogP contribution is -2.42. The van der Waals surface area contributed by atoms with E-state index in [9.17, 15) is 0 Å². The zero-order valence-electron chi connectivity index (χ0n) is 14.1. The van der Waals surface area contributed by atoms with Crippen molar-refractivity contribution in [1.82, 2.24) is 14.9 Å². The normalized spacial score (nSPS) is 16.8. The lowest BCUT2D eigenvalue weighted by Gasteiger charge is -2.37. The van der Waals surface area contributed by atoms with E-state index in [1.165, 1.54) is 18.4 Å². The molecule has 1 N–H and O–H groups in total. The van der Waals surface area contributed by atoms with E-state index in [-0.39, 0.29) is 0 Å². The maximum absolute atomic E-state index is 4.60. The lowest BCUT2D eigenvalue weighted by atomic mass is 10.0. The highest BCUT2D eigenvalue weighted by Crippen LogP contribution is 2.32. The summed E-state index contributed by atoms with van der Waals surface area (Å²) < 4.78 is 0. The second-order valence-corrected chi connectivity index (χ2v) is 6.33. The fraction of sp³-hybridized carbons (Fsp3) is 0.750. The quantitative estimate of drug-likeness (QED) is 0.903. The minimum atomic E-state index is 0.418. The van der Waals surface area contributed by atoms with Crippen LogP contribution in [0.15, 0.2) is 6.33 Å². The first-order chi connectivity index (χ1) is 10.0. The van der Waals surface area contributed by atoms with E-state index in [2.05, 4.69) is 60.0 Å². The average molecular weight is 291 g/mol. The number of anilines is 2. The van der Waals surface area contributed by atoms with Crippen molar-refractivity contribution in [1.29, 1.82) is 0 Å². The van der Waals surface area contributed by atoms with Gasteiger partial charge >= 0.3 is 0 Å². The zero-order chi connectivity index (χ0) is 15.4. The highest BCUT2D eigenvalue weighted by molar-refractivity contribution is 5.60. The van der Waals surface area contributed by atoms with Gasteiger partial charge in [-0.25, -0.2) is 9.97 Å². The number of nitrogens with zero attached hydrogens (tertiary/aromatic N) is 4. The lowest BCUT2D eigenvalue weighted by molar-refractivity contribution is 0.249. The molecule has 1 fully saturated rings. The number of nitrogens with one attached hydrogen (secondary N) is 1. The maximum Gasteiger partial charge on any atom is 0.137 e. The molecule has 118 valence electrons. The van der Waals surface area contributed by atoms with Gasteiger partial charge in [0, 0.05) is 31.2 Å². The molecule has 0 amide bonds. The van der Waals surface area contributed by atoms with Crippen LogP contribution >= 0.6 is 0 Å². The third-order valence-electron chi connectivity index (χ3n) is 4.28. The summed E-state index contributed by atoms with van der Waals surface area (Å²) in [5.74, 6) is 2.53. The number of hydrogen-bond acceptors (Lipinski definition) is 5. The molecule has 0 bridgehead atoms. The minimum Gasteiger partial charge on any atom is -0.370 e. The fourth-order valence-corrected chi connectivity index (χ4v) is 3.07. The molecular formula is C16H29N5. The Morgan fingerprint density at radius 1 is 1.29 bits per heavy atom. The Labute approximate surface area is 128 Å². The summed E-state index contributed by atoms with van der Waals surface area (Å²) in [5.41, 5.74) is 1.25. The van der Waals surface area contributed by atoms with Crippen LogP contribution in [0.3, 0.4) is 0 Å². The third kappa shape index (κ3) is 3.64. The van der Waals surface area contributed by atoms with Crippen molar-refractivity contribution in [2.24, 2.45) is 0 Å². The highest BCUT2D eigenvalue weighted by atomic mass is 15.2. The van der Waals surface area contributed by atoms with Gasteiger partial charge in [-0.05, 0) is 39.8 Å². The van der Waals surface area contributed by atoms with Gasteiger partial charge in [0.2, 0.25) is 0 Å². The molecule has 5 heteroatoms. The van der Waals surface area contributed by atoms with Crippen LogP contribution in [0.25, 0.3) is 0 Å². The van der Waals surface area contributed by atoms with Crippen LogP contribution in [0.1, 0.15) is 45.1 Å². The summed E-state index contributed by atoms with van der Waals surface area (Å²) in [6.45, 7) is 9.58. The number of hydrogen-bond donors (Lipinski definition) is 1. The van der Waals surface area contributed by atoms with Gasteiger partial charge in [-0.1, -0.05) is 13.8 Å². The molecule has 1 aromatic heterocycles. The first-order valence-corrected chi connectivity index (χ1v) is 8.04. The van der Waals surface area contributed by atoms with Gasteiger partial charge in [0.25, 0.3) is 0 Å². The van der Waals surface area contributed by atoms with E-state index >= 15 is 0 Å². The molecule has 0 radical (unpaired) electrons. The predicted octanol–water partition coefficient (Wildman–Crippen LogP) is 2.56. The summed E-state index contributed by atoms with van der Waals surface area (Å²) in [5, 5.41) is 3.38.